The lowest BCUT2D eigenvalue weighted by molar-refractivity contribution is -0.160. The number of amides is 2. The van der Waals surface area contributed by atoms with Crippen molar-refractivity contribution in [3.05, 3.63) is 35.9 Å². The molecule has 0 aromatic heterocycles. The van der Waals surface area contributed by atoms with E-state index in [-0.39, 0.29) is 12.5 Å². The number of aliphatic hydroxyl groups is 1. The molecule has 8 heteroatoms. The van der Waals surface area contributed by atoms with Crippen molar-refractivity contribution >= 4 is 18.0 Å². The minimum absolute atomic E-state index is 0.111. The highest BCUT2D eigenvalue weighted by Gasteiger charge is 2.39. The van der Waals surface area contributed by atoms with E-state index in [0.29, 0.717) is 25.8 Å². The quantitative estimate of drug-likeness (QED) is 0.593. The van der Waals surface area contributed by atoms with Crippen molar-refractivity contribution in [2.45, 2.75) is 84.3 Å². The standard InChI is InChI=1S/C24H36N2O6/c1-16(2)14-18(22(29)32-24(3,4)5)25-21(28)20(27)19-12-9-13-26(19)23(30)31-15-17-10-7-6-8-11-17/h6-8,10-11,16,18-20,27H,9,12-15H2,1-5H3,(H,25,28)/t18-,19+,20?/m1/s1. The van der Waals surface area contributed by atoms with Crippen molar-refractivity contribution in [2.24, 2.45) is 5.92 Å². The zero-order valence-corrected chi connectivity index (χ0v) is 19.7. The molecule has 1 aromatic carbocycles. The number of carbonyl (C=O) groups is 3. The number of hydrogen-bond donors (Lipinski definition) is 2. The lowest BCUT2D eigenvalue weighted by Crippen LogP contribution is -2.54. The first-order chi connectivity index (χ1) is 15.0. The Labute approximate surface area is 190 Å². The predicted octanol–water partition coefficient (Wildman–Crippen LogP) is 3.02. The van der Waals surface area contributed by atoms with E-state index >= 15 is 0 Å². The molecule has 0 radical (unpaired) electrons. The lowest BCUT2D eigenvalue weighted by Gasteiger charge is -2.29. The first-order valence-electron chi connectivity index (χ1n) is 11.2. The molecule has 178 valence electrons. The van der Waals surface area contributed by atoms with Gasteiger partial charge in [0.1, 0.15) is 18.2 Å². The van der Waals surface area contributed by atoms with Crippen molar-refractivity contribution in [2.75, 3.05) is 6.54 Å². The maximum absolute atomic E-state index is 12.8. The summed E-state index contributed by atoms with van der Waals surface area (Å²) >= 11 is 0. The smallest absolute Gasteiger partial charge is 0.410 e. The van der Waals surface area contributed by atoms with Gasteiger partial charge in [-0.1, -0.05) is 44.2 Å². The summed E-state index contributed by atoms with van der Waals surface area (Å²) in [6.45, 7) is 9.63. The van der Waals surface area contributed by atoms with Gasteiger partial charge in [0, 0.05) is 6.54 Å². The summed E-state index contributed by atoms with van der Waals surface area (Å²) < 4.78 is 10.8. The maximum atomic E-state index is 12.8. The monoisotopic (exact) mass is 448 g/mol. The second-order valence-electron chi connectivity index (χ2n) is 9.61. The van der Waals surface area contributed by atoms with Gasteiger partial charge in [-0.2, -0.15) is 0 Å². The maximum Gasteiger partial charge on any atom is 0.410 e. The highest BCUT2D eigenvalue weighted by atomic mass is 16.6. The summed E-state index contributed by atoms with van der Waals surface area (Å²) in [5.74, 6) is -1.12. The van der Waals surface area contributed by atoms with Crippen molar-refractivity contribution in [3.8, 4) is 0 Å². The van der Waals surface area contributed by atoms with E-state index in [2.05, 4.69) is 5.32 Å². The Bertz CT molecular complexity index is 774. The van der Waals surface area contributed by atoms with Crippen LogP contribution in [0.25, 0.3) is 0 Å². The van der Waals surface area contributed by atoms with E-state index in [4.69, 9.17) is 9.47 Å². The number of carbonyl (C=O) groups excluding carboxylic acids is 3. The SMILES string of the molecule is CC(C)C[C@@H](NC(=O)C(O)[C@@H]1CCCN1C(=O)OCc1ccccc1)C(=O)OC(C)(C)C. The van der Waals surface area contributed by atoms with Gasteiger partial charge in [-0.3, -0.25) is 4.79 Å². The Hall–Kier alpha value is -2.61. The molecule has 0 aliphatic carbocycles. The minimum Gasteiger partial charge on any atom is -0.458 e. The molecule has 1 fully saturated rings. The van der Waals surface area contributed by atoms with Gasteiger partial charge in [-0.05, 0) is 51.5 Å². The van der Waals surface area contributed by atoms with Crippen LogP contribution in [0.1, 0.15) is 59.4 Å². The molecule has 1 aromatic rings. The molecular weight excluding hydrogens is 412 g/mol. The van der Waals surface area contributed by atoms with Gasteiger partial charge in [-0.25, -0.2) is 9.59 Å². The number of nitrogens with one attached hydrogen (secondary N) is 1. The second-order valence-corrected chi connectivity index (χ2v) is 9.61. The van der Waals surface area contributed by atoms with E-state index < -0.39 is 41.8 Å². The third-order valence-corrected chi connectivity index (χ3v) is 5.09. The van der Waals surface area contributed by atoms with Crippen LogP contribution in [0.5, 0.6) is 0 Å². The molecule has 0 saturated carbocycles. The highest BCUT2D eigenvalue weighted by Crippen LogP contribution is 2.22. The average molecular weight is 449 g/mol. The summed E-state index contributed by atoms with van der Waals surface area (Å²) in [6, 6.07) is 7.70. The first kappa shape index (κ1) is 25.6. The number of ether oxygens (including phenoxy) is 2. The highest BCUT2D eigenvalue weighted by molar-refractivity contribution is 5.88. The number of hydrogen-bond acceptors (Lipinski definition) is 6. The molecule has 3 atom stereocenters. The third-order valence-electron chi connectivity index (χ3n) is 5.09. The predicted molar refractivity (Wildman–Crippen MR) is 120 cm³/mol. The molecule has 32 heavy (non-hydrogen) atoms. The minimum atomic E-state index is -1.47. The Kier molecular flexibility index (Phi) is 9.07. The van der Waals surface area contributed by atoms with Gasteiger partial charge in [0.25, 0.3) is 5.91 Å². The summed E-state index contributed by atoms with van der Waals surface area (Å²) in [4.78, 5) is 39.3. The molecule has 2 amide bonds. The van der Waals surface area contributed by atoms with E-state index in [0.717, 1.165) is 5.56 Å². The van der Waals surface area contributed by atoms with Gasteiger partial charge in [-0.15, -0.1) is 0 Å². The molecule has 1 saturated heterocycles. The third kappa shape index (κ3) is 7.82. The lowest BCUT2D eigenvalue weighted by atomic mass is 10.0. The number of likely N-dealkylation sites (tertiary alicyclic amines) is 1. The van der Waals surface area contributed by atoms with Crippen LogP contribution in [0.2, 0.25) is 0 Å². The molecule has 1 unspecified atom stereocenters. The molecule has 1 aliphatic heterocycles. The molecule has 1 heterocycles. The Morgan fingerprint density at radius 3 is 2.44 bits per heavy atom. The number of nitrogens with zero attached hydrogens (tertiary/aromatic N) is 1. The molecule has 1 aliphatic rings. The fourth-order valence-electron chi connectivity index (χ4n) is 3.64. The summed E-state index contributed by atoms with van der Waals surface area (Å²) in [5, 5.41) is 13.3. The van der Waals surface area contributed by atoms with Gasteiger partial charge in [0.2, 0.25) is 0 Å². The van der Waals surface area contributed by atoms with Crippen LogP contribution in [-0.4, -0.2) is 58.3 Å². The van der Waals surface area contributed by atoms with E-state index in [9.17, 15) is 19.5 Å². The van der Waals surface area contributed by atoms with Crippen molar-refractivity contribution in [1.29, 1.82) is 0 Å². The van der Waals surface area contributed by atoms with Crippen LogP contribution in [-0.2, 0) is 25.7 Å². The van der Waals surface area contributed by atoms with Gasteiger partial charge in [0.05, 0.1) is 6.04 Å². The second kappa shape index (κ2) is 11.3. The summed E-state index contributed by atoms with van der Waals surface area (Å²) in [7, 11) is 0. The fraction of sp³-hybridized carbons (Fsp3) is 0.625. The molecule has 0 spiro atoms. The van der Waals surface area contributed by atoms with E-state index in [1.807, 2.05) is 44.2 Å². The molecular formula is C24H36N2O6. The van der Waals surface area contributed by atoms with E-state index in [1.54, 1.807) is 20.8 Å². The van der Waals surface area contributed by atoms with Gasteiger partial charge < -0.3 is 24.8 Å². The molecule has 8 nitrogen and oxygen atoms in total. The zero-order valence-electron chi connectivity index (χ0n) is 19.7. The summed E-state index contributed by atoms with van der Waals surface area (Å²) in [5.41, 5.74) is 0.157. The Balaban J connectivity index is 2.00. The molecule has 0 bridgehead atoms. The Morgan fingerprint density at radius 2 is 1.84 bits per heavy atom. The normalized spacial score (nSPS) is 18.2. The number of esters is 1. The average Bonchev–Trinajstić information content (AvgIpc) is 3.20. The number of rotatable bonds is 8. The fourth-order valence-corrected chi connectivity index (χ4v) is 3.64. The van der Waals surface area contributed by atoms with E-state index in [1.165, 1.54) is 4.90 Å². The van der Waals surface area contributed by atoms with Crippen molar-refractivity contribution in [3.63, 3.8) is 0 Å². The Morgan fingerprint density at radius 1 is 1.19 bits per heavy atom. The van der Waals surface area contributed by atoms with Crippen LogP contribution in [0.15, 0.2) is 30.3 Å². The number of benzene rings is 1. The van der Waals surface area contributed by atoms with Crippen molar-refractivity contribution < 1.29 is 29.0 Å². The zero-order chi connectivity index (χ0) is 23.9. The van der Waals surface area contributed by atoms with Crippen LogP contribution >= 0.6 is 0 Å². The van der Waals surface area contributed by atoms with Crippen LogP contribution in [0.4, 0.5) is 4.79 Å². The van der Waals surface area contributed by atoms with Gasteiger partial charge in [0.15, 0.2) is 6.10 Å². The first-order valence-corrected chi connectivity index (χ1v) is 11.2. The summed E-state index contributed by atoms with van der Waals surface area (Å²) in [6.07, 6.45) is -0.554. The van der Waals surface area contributed by atoms with Crippen LogP contribution < -0.4 is 5.32 Å². The molecule has 2 N–H and O–H groups in total. The van der Waals surface area contributed by atoms with Crippen LogP contribution in [0, 0.1) is 5.92 Å². The van der Waals surface area contributed by atoms with Crippen molar-refractivity contribution in [1.82, 2.24) is 10.2 Å². The van der Waals surface area contributed by atoms with Gasteiger partial charge >= 0.3 is 12.1 Å². The topological polar surface area (TPSA) is 105 Å². The van der Waals surface area contributed by atoms with Crippen LogP contribution in [0.3, 0.4) is 0 Å². The number of aliphatic hydroxyl groups excluding tert-OH is 1. The largest absolute Gasteiger partial charge is 0.458 e. The molecule has 2 rings (SSSR count).